The van der Waals surface area contributed by atoms with Gasteiger partial charge in [-0.1, -0.05) is 32.0 Å². The van der Waals surface area contributed by atoms with E-state index in [4.69, 9.17) is 5.73 Å². The van der Waals surface area contributed by atoms with Crippen LogP contribution in [-0.2, 0) is 6.18 Å². The van der Waals surface area contributed by atoms with E-state index in [0.29, 0.717) is 18.7 Å². The Balaban J connectivity index is 2.92. The van der Waals surface area contributed by atoms with Crippen LogP contribution in [0.1, 0.15) is 30.9 Å². The SMILES string of the molecule is CCN(CC)CC(CN)c1cccc(C(F)(F)F)c1. The summed E-state index contributed by atoms with van der Waals surface area (Å²) >= 11 is 0. The van der Waals surface area contributed by atoms with Gasteiger partial charge in [0.05, 0.1) is 5.56 Å². The Labute approximate surface area is 112 Å². The summed E-state index contributed by atoms with van der Waals surface area (Å²) in [6, 6.07) is 5.47. The van der Waals surface area contributed by atoms with Crippen LogP contribution in [-0.4, -0.2) is 31.1 Å². The topological polar surface area (TPSA) is 29.3 Å². The van der Waals surface area contributed by atoms with Crippen molar-refractivity contribution in [1.29, 1.82) is 0 Å². The maximum atomic E-state index is 12.7. The van der Waals surface area contributed by atoms with Crippen molar-refractivity contribution in [2.75, 3.05) is 26.2 Å². The number of hydrogen-bond acceptors (Lipinski definition) is 2. The van der Waals surface area contributed by atoms with Crippen LogP contribution in [0.2, 0.25) is 0 Å². The molecule has 5 heteroatoms. The van der Waals surface area contributed by atoms with Crippen molar-refractivity contribution in [3.8, 4) is 0 Å². The van der Waals surface area contributed by atoms with Gasteiger partial charge >= 0.3 is 6.18 Å². The van der Waals surface area contributed by atoms with Gasteiger partial charge in [-0.05, 0) is 24.7 Å². The highest BCUT2D eigenvalue weighted by atomic mass is 19.4. The van der Waals surface area contributed by atoms with Crippen LogP contribution in [0.4, 0.5) is 13.2 Å². The zero-order chi connectivity index (χ0) is 14.5. The molecule has 0 spiro atoms. The predicted molar refractivity (Wildman–Crippen MR) is 71.0 cm³/mol. The molecule has 0 saturated carbocycles. The van der Waals surface area contributed by atoms with Crippen molar-refractivity contribution < 1.29 is 13.2 Å². The molecule has 0 aliphatic carbocycles. The van der Waals surface area contributed by atoms with E-state index in [1.54, 1.807) is 6.07 Å². The number of nitrogens with two attached hydrogens (primary N) is 1. The van der Waals surface area contributed by atoms with Crippen molar-refractivity contribution >= 4 is 0 Å². The monoisotopic (exact) mass is 274 g/mol. The minimum atomic E-state index is -4.30. The summed E-state index contributed by atoms with van der Waals surface area (Å²) in [7, 11) is 0. The lowest BCUT2D eigenvalue weighted by Gasteiger charge is -2.25. The summed E-state index contributed by atoms with van der Waals surface area (Å²) < 4.78 is 38.1. The van der Waals surface area contributed by atoms with Crippen LogP contribution in [0.3, 0.4) is 0 Å². The van der Waals surface area contributed by atoms with Gasteiger partial charge in [-0.2, -0.15) is 13.2 Å². The highest BCUT2D eigenvalue weighted by molar-refractivity contribution is 5.28. The summed E-state index contributed by atoms with van der Waals surface area (Å²) in [6.07, 6.45) is -4.30. The van der Waals surface area contributed by atoms with Gasteiger partial charge in [0.15, 0.2) is 0 Å². The van der Waals surface area contributed by atoms with E-state index in [0.717, 1.165) is 19.2 Å². The van der Waals surface area contributed by atoms with Crippen LogP contribution in [0.5, 0.6) is 0 Å². The summed E-state index contributed by atoms with van der Waals surface area (Å²) in [5.41, 5.74) is 5.76. The second-order valence-electron chi connectivity index (χ2n) is 4.54. The zero-order valence-electron chi connectivity index (χ0n) is 11.4. The van der Waals surface area contributed by atoms with Gasteiger partial charge in [-0.15, -0.1) is 0 Å². The maximum absolute atomic E-state index is 12.7. The third-order valence-corrected chi connectivity index (χ3v) is 3.34. The van der Waals surface area contributed by atoms with Crippen molar-refractivity contribution in [3.63, 3.8) is 0 Å². The lowest BCUT2D eigenvalue weighted by Crippen LogP contribution is -2.31. The van der Waals surface area contributed by atoms with Gasteiger partial charge in [0.1, 0.15) is 0 Å². The zero-order valence-corrected chi connectivity index (χ0v) is 11.4. The standard InChI is InChI=1S/C14H21F3N2/c1-3-19(4-2)10-12(9-18)11-6-5-7-13(8-11)14(15,16)17/h5-8,12H,3-4,9-10,18H2,1-2H3. The first-order valence-corrected chi connectivity index (χ1v) is 6.51. The molecule has 0 bridgehead atoms. The van der Waals surface area contributed by atoms with Gasteiger partial charge in [-0.25, -0.2) is 0 Å². The lowest BCUT2D eigenvalue weighted by molar-refractivity contribution is -0.137. The first-order chi connectivity index (χ1) is 8.92. The minimum absolute atomic E-state index is 0.0674. The Bertz CT molecular complexity index is 387. The van der Waals surface area contributed by atoms with Gasteiger partial charge in [0.25, 0.3) is 0 Å². The number of halogens is 3. The summed E-state index contributed by atoms with van der Waals surface area (Å²) in [6.45, 7) is 6.83. The van der Waals surface area contributed by atoms with Crippen molar-refractivity contribution in [2.45, 2.75) is 25.9 Å². The summed E-state index contributed by atoms with van der Waals surface area (Å²) in [5.74, 6) is -0.0674. The Hall–Kier alpha value is -1.07. The highest BCUT2D eigenvalue weighted by Gasteiger charge is 2.30. The van der Waals surface area contributed by atoms with Gasteiger partial charge in [-0.3, -0.25) is 0 Å². The fraction of sp³-hybridized carbons (Fsp3) is 0.571. The Morgan fingerprint density at radius 3 is 2.32 bits per heavy atom. The molecule has 19 heavy (non-hydrogen) atoms. The Morgan fingerprint density at radius 2 is 1.84 bits per heavy atom. The molecule has 1 rings (SSSR count). The molecular weight excluding hydrogens is 253 g/mol. The molecular formula is C14H21F3N2. The number of rotatable bonds is 6. The first-order valence-electron chi connectivity index (χ1n) is 6.51. The second-order valence-corrected chi connectivity index (χ2v) is 4.54. The van der Waals surface area contributed by atoms with Crippen molar-refractivity contribution in [1.82, 2.24) is 4.90 Å². The largest absolute Gasteiger partial charge is 0.416 e. The fourth-order valence-corrected chi connectivity index (χ4v) is 2.08. The molecule has 1 unspecified atom stereocenters. The van der Waals surface area contributed by atoms with Crippen molar-refractivity contribution in [2.24, 2.45) is 5.73 Å². The fourth-order valence-electron chi connectivity index (χ4n) is 2.08. The van der Waals surface area contributed by atoms with E-state index in [9.17, 15) is 13.2 Å². The van der Waals surface area contributed by atoms with Crippen LogP contribution in [0.25, 0.3) is 0 Å². The predicted octanol–water partition coefficient (Wildman–Crippen LogP) is 3.09. The molecule has 2 nitrogen and oxygen atoms in total. The molecule has 0 amide bonds. The smallest absolute Gasteiger partial charge is 0.330 e. The van der Waals surface area contributed by atoms with E-state index >= 15 is 0 Å². The third kappa shape index (κ3) is 4.51. The molecule has 0 radical (unpaired) electrons. The summed E-state index contributed by atoms with van der Waals surface area (Å²) in [5, 5.41) is 0. The average molecular weight is 274 g/mol. The molecule has 1 atom stereocenters. The van der Waals surface area contributed by atoms with Crippen molar-refractivity contribution in [3.05, 3.63) is 35.4 Å². The maximum Gasteiger partial charge on any atom is 0.416 e. The van der Waals surface area contributed by atoms with E-state index in [2.05, 4.69) is 4.90 Å². The molecule has 0 fully saturated rings. The molecule has 0 aliphatic heterocycles. The number of nitrogens with zero attached hydrogens (tertiary/aromatic N) is 1. The van der Waals surface area contributed by atoms with Crippen LogP contribution in [0.15, 0.2) is 24.3 Å². The quantitative estimate of drug-likeness (QED) is 0.863. The van der Waals surface area contributed by atoms with E-state index in [1.807, 2.05) is 13.8 Å². The Morgan fingerprint density at radius 1 is 1.21 bits per heavy atom. The molecule has 0 aliphatic rings. The van der Waals surface area contributed by atoms with Gasteiger partial charge < -0.3 is 10.6 Å². The van der Waals surface area contributed by atoms with E-state index in [1.165, 1.54) is 12.1 Å². The van der Waals surface area contributed by atoms with E-state index < -0.39 is 11.7 Å². The lowest BCUT2D eigenvalue weighted by atomic mass is 9.96. The van der Waals surface area contributed by atoms with E-state index in [-0.39, 0.29) is 5.92 Å². The molecule has 0 saturated heterocycles. The number of hydrogen-bond donors (Lipinski definition) is 1. The summed E-state index contributed by atoms with van der Waals surface area (Å²) in [4.78, 5) is 2.16. The number of benzene rings is 1. The first kappa shape index (κ1) is 16.0. The molecule has 108 valence electrons. The molecule has 0 aromatic heterocycles. The van der Waals surface area contributed by atoms with Crippen LogP contribution in [0, 0.1) is 0 Å². The highest BCUT2D eigenvalue weighted by Crippen LogP contribution is 2.31. The molecule has 1 aromatic rings. The third-order valence-electron chi connectivity index (χ3n) is 3.34. The average Bonchev–Trinajstić information content (AvgIpc) is 2.39. The number of likely N-dealkylation sites (N-methyl/N-ethyl adjacent to an activating group) is 1. The van der Waals surface area contributed by atoms with Gasteiger partial charge in [0, 0.05) is 19.0 Å². The molecule has 0 heterocycles. The molecule has 2 N–H and O–H groups in total. The van der Waals surface area contributed by atoms with Gasteiger partial charge in [0.2, 0.25) is 0 Å². The number of alkyl halides is 3. The van der Waals surface area contributed by atoms with Crippen LogP contribution < -0.4 is 5.73 Å². The minimum Gasteiger partial charge on any atom is -0.330 e. The molecule has 1 aromatic carbocycles. The second kappa shape index (κ2) is 6.91. The van der Waals surface area contributed by atoms with Crippen LogP contribution >= 0.6 is 0 Å². The normalized spacial score (nSPS) is 13.8. The Kier molecular flexibility index (Phi) is 5.82.